The Kier molecular flexibility index (Phi) is 3.04. The van der Waals surface area contributed by atoms with Crippen molar-refractivity contribution in [2.24, 2.45) is 0 Å². The topological polar surface area (TPSA) is 21.3 Å². The van der Waals surface area contributed by atoms with E-state index >= 15 is 0 Å². The molecule has 1 fully saturated rings. The third-order valence-corrected chi connectivity index (χ3v) is 3.58. The van der Waals surface area contributed by atoms with Crippen molar-refractivity contribution in [2.75, 3.05) is 13.1 Å². The Hall–Kier alpha value is -1.06. The van der Waals surface area contributed by atoms with E-state index in [4.69, 9.17) is 4.74 Å². The first-order chi connectivity index (χ1) is 8.31. The monoisotopic (exact) mass is 291 g/mol. The molecule has 1 atom stereocenters. The number of hydrogen-bond donors (Lipinski definition) is 1. The van der Waals surface area contributed by atoms with Gasteiger partial charge in [0.15, 0.2) is 0 Å². The second-order valence-corrected chi connectivity index (χ2v) is 5.30. The molecule has 1 saturated heterocycles. The zero-order valence-corrected chi connectivity index (χ0v) is 11.0. The van der Waals surface area contributed by atoms with Crippen LogP contribution >= 0.6 is 15.9 Å². The first-order valence-corrected chi connectivity index (χ1v) is 6.67. The number of nitrogens with one attached hydrogen (secondary N) is 1. The van der Waals surface area contributed by atoms with E-state index in [1.54, 1.807) is 0 Å². The molecule has 0 saturated carbocycles. The fourth-order valence-electron chi connectivity index (χ4n) is 2.19. The van der Waals surface area contributed by atoms with E-state index in [-0.39, 0.29) is 0 Å². The highest BCUT2D eigenvalue weighted by Crippen LogP contribution is 2.25. The van der Waals surface area contributed by atoms with Gasteiger partial charge in [-0.3, -0.25) is 0 Å². The van der Waals surface area contributed by atoms with Crippen LogP contribution in [0.25, 0.3) is 10.8 Å². The predicted molar refractivity (Wildman–Crippen MR) is 73.6 cm³/mol. The molecule has 1 aliphatic heterocycles. The van der Waals surface area contributed by atoms with Crippen LogP contribution in [-0.2, 0) is 0 Å². The fourth-order valence-corrected chi connectivity index (χ4v) is 2.57. The highest BCUT2D eigenvalue weighted by atomic mass is 79.9. The summed E-state index contributed by atoms with van der Waals surface area (Å²) >= 11 is 3.48. The number of hydrogen-bond acceptors (Lipinski definition) is 2. The van der Waals surface area contributed by atoms with Crippen molar-refractivity contribution in [3.63, 3.8) is 0 Å². The average molecular weight is 292 g/mol. The molecule has 1 heterocycles. The van der Waals surface area contributed by atoms with Crippen LogP contribution in [0.2, 0.25) is 0 Å². The third kappa shape index (κ3) is 2.45. The van der Waals surface area contributed by atoms with Crippen molar-refractivity contribution in [1.82, 2.24) is 5.32 Å². The molecule has 0 radical (unpaired) electrons. The van der Waals surface area contributed by atoms with E-state index in [0.29, 0.717) is 6.10 Å². The van der Waals surface area contributed by atoms with Gasteiger partial charge in [-0.2, -0.15) is 0 Å². The molecule has 1 aliphatic rings. The summed E-state index contributed by atoms with van der Waals surface area (Å²) in [4.78, 5) is 0. The summed E-state index contributed by atoms with van der Waals surface area (Å²) in [6, 6.07) is 12.6. The SMILES string of the molecule is Brc1ccc2cc(OC3CCNC3)ccc2c1. The number of ether oxygens (including phenoxy) is 1. The lowest BCUT2D eigenvalue weighted by Crippen LogP contribution is -2.19. The second kappa shape index (κ2) is 4.67. The first-order valence-electron chi connectivity index (χ1n) is 5.88. The minimum Gasteiger partial charge on any atom is -0.489 e. The molecule has 3 heteroatoms. The summed E-state index contributed by atoms with van der Waals surface area (Å²) in [7, 11) is 0. The summed E-state index contributed by atoms with van der Waals surface area (Å²) < 4.78 is 7.05. The van der Waals surface area contributed by atoms with E-state index < -0.39 is 0 Å². The Labute approximate surface area is 109 Å². The largest absolute Gasteiger partial charge is 0.489 e. The van der Waals surface area contributed by atoms with E-state index in [1.165, 1.54) is 10.8 Å². The number of benzene rings is 2. The van der Waals surface area contributed by atoms with E-state index in [9.17, 15) is 0 Å². The van der Waals surface area contributed by atoms with Crippen LogP contribution in [0.1, 0.15) is 6.42 Å². The maximum atomic E-state index is 5.94. The van der Waals surface area contributed by atoms with Gasteiger partial charge in [-0.15, -0.1) is 0 Å². The molecular weight excluding hydrogens is 278 g/mol. The Balaban J connectivity index is 1.88. The van der Waals surface area contributed by atoms with Crippen LogP contribution in [0.5, 0.6) is 5.75 Å². The van der Waals surface area contributed by atoms with E-state index in [1.807, 2.05) is 6.07 Å². The van der Waals surface area contributed by atoms with Crippen LogP contribution in [0.4, 0.5) is 0 Å². The first kappa shape index (κ1) is 11.1. The summed E-state index contributed by atoms with van der Waals surface area (Å²) in [5, 5.41) is 5.76. The molecule has 0 amide bonds. The van der Waals surface area contributed by atoms with Crippen LogP contribution in [-0.4, -0.2) is 19.2 Å². The van der Waals surface area contributed by atoms with Crippen molar-refractivity contribution < 1.29 is 4.74 Å². The summed E-state index contributed by atoms with van der Waals surface area (Å²) in [5.41, 5.74) is 0. The van der Waals surface area contributed by atoms with Crippen molar-refractivity contribution in [1.29, 1.82) is 0 Å². The van der Waals surface area contributed by atoms with Crippen molar-refractivity contribution in [2.45, 2.75) is 12.5 Å². The van der Waals surface area contributed by atoms with Gasteiger partial charge in [0.25, 0.3) is 0 Å². The smallest absolute Gasteiger partial charge is 0.120 e. The highest BCUT2D eigenvalue weighted by Gasteiger charge is 2.15. The zero-order valence-electron chi connectivity index (χ0n) is 9.45. The molecule has 2 aromatic rings. The Morgan fingerprint density at radius 2 is 1.94 bits per heavy atom. The molecule has 88 valence electrons. The number of halogens is 1. The second-order valence-electron chi connectivity index (χ2n) is 4.39. The normalized spacial score (nSPS) is 19.7. The molecule has 0 aromatic heterocycles. The van der Waals surface area contributed by atoms with Crippen LogP contribution < -0.4 is 10.1 Å². The Morgan fingerprint density at radius 3 is 2.76 bits per heavy atom. The van der Waals surface area contributed by atoms with E-state index in [0.717, 1.165) is 29.7 Å². The third-order valence-electron chi connectivity index (χ3n) is 3.09. The molecule has 1 N–H and O–H groups in total. The van der Waals surface area contributed by atoms with Gasteiger partial charge in [0, 0.05) is 11.0 Å². The van der Waals surface area contributed by atoms with Gasteiger partial charge >= 0.3 is 0 Å². The molecule has 2 nitrogen and oxygen atoms in total. The molecule has 0 bridgehead atoms. The molecule has 0 spiro atoms. The van der Waals surface area contributed by atoms with Crippen LogP contribution in [0.15, 0.2) is 40.9 Å². The standard InChI is InChI=1S/C14H14BrNO/c15-12-3-1-11-8-13(4-2-10(11)7-12)17-14-5-6-16-9-14/h1-4,7-8,14,16H,5-6,9H2. The lowest BCUT2D eigenvalue weighted by Gasteiger charge is -2.13. The van der Waals surface area contributed by atoms with Gasteiger partial charge in [-0.05, 0) is 48.0 Å². The van der Waals surface area contributed by atoms with Gasteiger partial charge in [0.2, 0.25) is 0 Å². The maximum Gasteiger partial charge on any atom is 0.120 e. The lowest BCUT2D eigenvalue weighted by molar-refractivity contribution is 0.223. The van der Waals surface area contributed by atoms with Gasteiger partial charge in [-0.25, -0.2) is 0 Å². The molecule has 1 unspecified atom stereocenters. The van der Waals surface area contributed by atoms with Gasteiger partial charge in [-0.1, -0.05) is 28.1 Å². The predicted octanol–water partition coefficient (Wildman–Crippen LogP) is 3.34. The lowest BCUT2D eigenvalue weighted by atomic mass is 10.1. The Bertz CT molecular complexity index is 535. The number of fused-ring (bicyclic) bond motifs is 1. The highest BCUT2D eigenvalue weighted by molar-refractivity contribution is 9.10. The van der Waals surface area contributed by atoms with Gasteiger partial charge < -0.3 is 10.1 Å². The van der Waals surface area contributed by atoms with E-state index in [2.05, 4.69) is 51.6 Å². The zero-order chi connectivity index (χ0) is 11.7. The summed E-state index contributed by atoms with van der Waals surface area (Å²) in [6.07, 6.45) is 1.42. The van der Waals surface area contributed by atoms with Crippen LogP contribution in [0, 0.1) is 0 Å². The summed E-state index contributed by atoms with van der Waals surface area (Å²) in [6.45, 7) is 2.02. The number of rotatable bonds is 2. The Morgan fingerprint density at radius 1 is 1.12 bits per heavy atom. The van der Waals surface area contributed by atoms with Crippen molar-refractivity contribution >= 4 is 26.7 Å². The maximum absolute atomic E-state index is 5.94. The van der Waals surface area contributed by atoms with Gasteiger partial charge in [0.1, 0.15) is 11.9 Å². The summed E-state index contributed by atoms with van der Waals surface area (Å²) in [5.74, 6) is 0.966. The fraction of sp³-hybridized carbons (Fsp3) is 0.286. The molecule has 17 heavy (non-hydrogen) atoms. The quantitative estimate of drug-likeness (QED) is 0.916. The van der Waals surface area contributed by atoms with Crippen molar-refractivity contribution in [3.05, 3.63) is 40.9 Å². The minimum atomic E-state index is 0.322. The minimum absolute atomic E-state index is 0.322. The molecule has 0 aliphatic carbocycles. The average Bonchev–Trinajstić information content (AvgIpc) is 2.82. The molecule has 3 rings (SSSR count). The van der Waals surface area contributed by atoms with Gasteiger partial charge in [0.05, 0.1) is 0 Å². The molecule has 2 aromatic carbocycles. The molecular formula is C14H14BrNO. The van der Waals surface area contributed by atoms with Crippen LogP contribution in [0.3, 0.4) is 0 Å². The van der Waals surface area contributed by atoms with Crippen molar-refractivity contribution in [3.8, 4) is 5.75 Å².